The Kier molecular flexibility index (Phi) is 2.90. The summed E-state index contributed by atoms with van der Waals surface area (Å²) in [6, 6.07) is 1.93. The molecule has 1 atom stereocenters. The van der Waals surface area contributed by atoms with E-state index in [1.54, 1.807) is 12.4 Å². The van der Waals surface area contributed by atoms with Gasteiger partial charge in [0.25, 0.3) is 0 Å². The van der Waals surface area contributed by atoms with Crippen molar-refractivity contribution in [2.45, 2.75) is 12.3 Å². The van der Waals surface area contributed by atoms with Gasteiger partial charge >= 0.3 is 0 Å². The molecule has 3 rings (SSSR count). The molecular formula is C11H11BrN4O. The Balaban J connectivity index is 1.89. The smallest absolute Gasteiger partial charge is 0.231 e. The van der Waals surface area contributed by atoms with Gasteiger partial charge in [0.2, 0.25) is 11.7 Å². The first kappa shape index (κ1) is 10.9. The van der Waals surface area contributed by atoms with Gasteiger partial charge in [-0.2, -0.15) is 4.98 Å². The number of rotatable bonds is 2. The van der Waals surface area contributed by atoms with Crippen LogP contribution < -0.4 is 5.32 Å². The van der Waals surface area contributed by atoms with Gasteiger partial charge in [0.1, 0.15) is 0 Å². The van der Waals surface area contributed by atoms with Crippen molar-refractivity contribution in [3.05, 3.63) is 28.8 Å². The third kappa shape index (κ3) is 2.23. The Bertz CT molecular complexity index is 522. The van der Waals surface area contributed by atoms with E-state index in [1.807, 2.05) is 6.07 Å². The van der Waals surface area contributed by atoms with Crippen molar-refractivity contribution in [1.82, 2.24) is 20.4 Å². The van der Waals surface area contributed by atoms with Gasteiger partial charge in [0.15, 0.2) is 0 Å². The average molecular weight is 295 g/mol. The molecule has 2 aromatic rings. The van der Waals surface area contributed by atoms with Crippen molar-refractivity contribution < 1.29 is 4.52 Å². The molecule has 0 aliphatic carbocycles. The standard InChI is InChI=1S/C11H11BrN4O/c12-9-3-8(5-14-6-9)10-15-11(17-16-10)7-1-2-13-4-7/h3,5-7,13H,1-2,4H2. The summed E-state index contributed by atoms with van der Waals surface area (Å²) < 4.78 is 6.21. The van der Waals surface area contributed by atoms with E-state index in [9.17, 15) is 0 Å². The van der Waals surface area contributed by atoms with Crippen LogP contribution in [0, 0.1) is 0 Å². The molecule has 1 aliphatic heterocycles. The van der Waals surface area contributed by atoms with Crippen LogP contribution in [-0.4, -0.2) is 28.2 Å². The lowest BCUT2D eigenvalue weighted by molar-refractivity contribution is 0.359. The fraction of sp³-hybridized carbons (Fsp3) is 0.364. The molecule has 0 saturated carbocycles. The second-order valence-corrected chi connectivity index (χ2v) is 4.95. The van der Waals surface area contributed by atoms with E-state index in [-0.39, 0.29) is 0 Å². The topological polar surface area (TPSA) is 63.8 Å². The number of aromatic nitrogens is 3. The molecule has 0 bridgehead atoms. The summed E-state index contributed by atoms with van der Waals surface area (Å²) in [7, 11) is 0. The van der Waals surface area contributed by atoms with E-state index in [0.29, 0.717) is 17.6 Å². The fourth-order valence-corrected chi connectivity index (χ4v) is 2.28. The molecular weight excluding hydrogens is 284 g/mol. The predicted molar refractivity (Wildman–Crippen MR) is 65.5 cm³/mol. The Morgan fingerprint density at radius 3 is 3.12 bits per heavy atom. The zero-order valence-corrected chi connectivity index (χ0v) is 10.6. The molecule has 0 amide bonds. The lowest BCUT2D eigenvalue weighted by atomic mass is 10.1. The van der Waals surface area contributed by atoms with E-state index in [4.69, 9.17) is 4.52 Å². The maximum Gasteiger partial charge on any atom is 0.231 e. The van der Waals surface area contributed by atoms with Crippen LogP contribution in [0.5, 0.6) is 0 Å². The van der Waals surface area contributed by atoms with Gasteiger partial charge in [0, 0.05) is 29.0 Å². The van der Waals surface area contributed by atoms with Crippen LogP contribution in [0.1, 0.15) is 18.2 Å². The van der Waals surface area contributed by atoms with Crippen molar-refractivity contribution in [1.29, 1.82) is 0 Å². The second-order valence-electron chi connectivity index (χ2n) is 4.04. The van der Waals surface area contributed by atoms with Crippen molar-refractivity contribution >= 4 is 15.9 Å². The molecule has 3 heterocycles. The summed E-state index contributed by atoms with van der Waals surface area (Å²) in [6.45, 7) is 1.93. The predicted octanol–water partition coefficient (Wildman–Crippen LogP) is 1.97. The lowest BCUT2D eigenvalue weighted by Gasteiger charge is -1.98. The molecule has 0 spiro atoms. The normalized spacial score (nSPS) is 19.7. The number of pyridine rings is 1. The Morgan fingerprint density at radius 1 is 1.41 bits per heavy atom. The van der Waals surface area contributed by atoms with Gasteiger partial charge in [-0.15, -0.1) is 0 Å². The minimum absolute atomic E-state index is 0.344. The summed E-state index contributed by atoms with van der Waals surface area (Å²) in [5.41, 5.74) is 0.861. The Hall–Kier alpha value is -1.27. The van der Waals surface area contributed by atoms with Crippen molar-refractivity contribution in [3.63, 3.8) is 0 Å². The summed E-state index contributed by atoms with van der Waals surface area (Å²) >= 11 is 3.37. The van der Waals surface area contributed by atoms with E-state index in [2.05, 4.69) is 36.4 Å². The van der Waals surface area contributed by atoms with Crippen LogP contribution in [0.15, 0.2) is 27.5 Å². The molecule has 2 aromatic heterocycles. The molecule has 0 radical (unpaired) electrons. The molecule has 1 fully saturated rings. The van der Waals surface area contributed by atoms with Crippen molar-refractivity contribution in [2.24, 2.45) is 0 Å². The zero-order valence-electron chi connectivity index (χ0n) is 9.06. The van der Waals surface area contributed by atoms with E-state index in [1.165, 1.54) is 0 Å². The first-order valence-electron chi connectivity index (χ1n) is 5.48. The lowest BCUT2D eigenvalue weighted by Crippen LogP contribution is -2.08. The van der Waals surface area contributed by atoms with Crippen LogP contribution in [0.4, 0.5) is 0 Å². The van der Waals surface area contributed by atoms with E-state index < -0.39 is 0 Å². The summed E-state index contributed by atoms with van der Waals surface area (Å²) in [6.07, 6.45) is 4.51. The minimum Gasteiger partial charge on any atom is -0.339 e. The maximum atomic E-state index is 5.30. The van der Waals surface area contributed by atoms with Crippen LogP contribution in [0.3, 0.4) is 0 Å². The largest absolute Gasteiger partial charge is 0.339 e. The highest BCUT2D eigenvalue weighted by atomic mass is 79.9. The summed E-state index contributed by atoms with van der Waals surface area (Å²) in [5, 5.41) is 7.28. The van der Waals surface area contributed by atoms with Gasteiger partial charge in [-0.1, -0.05) is 5.16 Å². The first-order chi connectivity index (χ1) is 8.33. The Labute approximate surface area is 107 Å². The third-order valence-electron chi connectivity index (χ3n) is 2.81. The van der Waals surface area contributed by atoms with Gasteiger partial charge in [-0.05, 0) is 35.0 Å². The summed E-state index contributed by atoms with van der Waals surface area (Å²) in [5.74, 6) is 1.65. The highest BCUT2D eigenvalue weighted by Gasteiger charge is 2.23. The molecule has 5 nitrogen and oxygen atoms in total. The number of halogens is 1. The monoisotopic (exact) mass is 294 g/mol. The highest BCUT2D eigenvalue weighted by molar-refractivity contribution is 9.10. The van der Waals surface area contributed by atoms with Crippen LogP contribution in [-0.2, 0) is 0 Å². The maximum absolute atomic E-state index is 5.30. The molecule has 1 aliphatic rings. The van der Waals surface area contributed by atoms with Crippen molar-refractivity contribution in [2.75, 3.05) is 13.1 Å². The third-order valence-corrected chi connectivity index (χ3v) is 3.25. The van der Waals surface area contributed by atoms with Crippen LogP contribution in [0.2, 0.25) is 0 Å². The minimum atomic E-state index is 0.344. The fourth-order valence-electron chi connectivity index (χ4n) is 1.92. The zero-order chi connectivity index (χ0) is 11.7. The van der Waals surface area contributed by atoms with Gasteiger partial charge < -0.3 is 9.84 Å². The summed E-state index contributed by atoms with van der Waals surface area (Å²) in [4.78, 5) is 8.51. The number of nitrogens with zero attached hydrogens (tertiary/aromatic N) is 3. The quantitative estimate of drug-likeness (QED) is 0.917. The SMILES string of the molecule is Brc1cncc(-c2noc(C3CCNC3)n2)c1. The molecule has 1 saturated heterocycles. The van der Waals surface area contributed by atoms with Crippen molar-refractivity contribution in [3.8, 4) is 11.4 Å². The van der Waals surface area contributed by atoms with Gasteiger partial charge in [-0.3, -0.25) is 4.98 Å². The average Bonchev–Trinajstić information content (AvgIpc) is 3.00. The number of nitrogens with one attached hydrogen (secondary N) is 1. The molecule has 6 heteroatoms. The van der Waals surface area contributed by atoms with E-state index in [0.717, 1.165) is 29.5 Å². The van der Waals surface area contributed by atoms with Crippen LogP contribution >= 0.6 is 15.9 Å². The molecule has 1 unspecified atom stereocenters. The van der Waals surface area contributed by atoms with Gasteiger partial charge in [0.05, 0.1) is 5.92 Å². The first-order valence-corrected chi connectivity index (χ1v) is 6.27. The highest BCUT2D eigenvalue weighted by Crippen LogP contribution is 2.24. The molecule has 0 aromatic carbocycles. The van der Waals surface area contributed by atoms with Gasteiger partial charge in [-0.25, -0.2) is 0 Å². The Morgan fingerprint density at radius 2 is 2.35 bits per heavy atom. The number of hydrogen-bond donors (Lipinski definition) is 1. The second kappa shape index (κ2) is 4.54. The van der Waals surface area contributed by atoms with Crippen LogP contribution in [0.25, 0.3) is 11.4 Å². The molecule has 1 N–H and O–H groups in total. The molecule has 88 valence electrons. The van der Waals surface area contributed by atoms with E-state index >= 15 is 0 Å². The number of hydrogen-bond acceptors (Lipinski definition) is 5. The molecule has 17 heavy (non-hydrogen) atoms.